The zero-order chi connectivity index (χ0) is 14.1. The van der Waals surface area contributed by atoms with Crippen molar-refractivity contribution in [2.24, 2.45) is 0 Å². The van der Waals surface area contributed by atoms with Crippen LogP contribution in [0.1, 0.15) is 32.3 Å². The van der Waals surface area contributed by atoms with Crippen molar-refractivity contribution in [1.82, 2.24) is 4.90 Å². The molecule has 0 aliphatic rings. The van der Waals surface area contributed by atoms with Crippen molar-refractivity contribution in [2.75, 3.05) is 25.0 Å². The van der Waals surface area contributed by atoms with Crippen LogP contribution in [0.2, 0.25) is 0 Å². The minimum Gasteiger partial charge on any atom is -0.506 e. The Kier molecular flexibility index (Phi) is 6.97. The number of nitrogens with zero attached hydrogens (tertiary/aromatic N) is 1. The Morgan fingerprint density at radius 3 is 2.42 bits per heavy atom. The maximum absolute atomic E-state index is 10.3. The summed E-state index contributed by atoms with van der Waals surface area (Å²) in [5.41, 5.74) is 1.55. The molecular weight excluding hydrogens is 240 g/mol. The molecule has 0 fully saturated rings. The molecule has 0 saturated carbocycles. The van der Waals surface area contributed by atoms with Gasteiger partial charge in [0.15, 0.2) is 0 Å². The van der Waals surface area contributed by atoms with E-state index in [1.54, 1.807) is 12.1 Å². The summed E-state index contributed by atoms with van der Waals surface area (Å²) in [5.74, 6) is 0.127. The van der Waals surface area contributed by atoms with E-state index in [9.17, 15) is 9.90 Å². The molecule has 1 aromatic carbocycles. The lowest BCUT2D eigenvalue weighted by molar-refractivity contribution is -0.105. The van der Waals surface area contributed by atoms with Crippen LogP contribution in [0.3, 0.4) is 0 Å². The fourth-order valence-electron chi connectivity index (χ4n) is 2.17. The molecular formula is C15H24N2O2. The molecule has 0 aliphatic carbocycles. The standard InChI is InChI=1S/C15H24N2O2/c1-3-8-17(9-4-2)10-7-13-5-6-14(16-12-18)15(19)11-13/h5-6,11-12,19H,3-4,7-10H2,1-2H3,(H,16,18). The Morgan fingerprint density at radius 2 is 1.89 bits per heavy atom. The molecule has 1 aromatic rings. The van der Waals surface area contributed by atoms with E-state index >= 15 is 0 Å². The third-order valence-electron chi connectivity index (χ3n) is 3.07. The van der Waals surface area contributed by atoms with E-state index in [2.05, 4.69) is 24.1 Å². The van der Waals surface area contributed by atoms with Gasteiger partial charge in [-0.3, -0.25) is 4.79 Å². The van der Waals surface area contributed by atoms with Gasteiger partial charge in [0.25, 0.3) is 0 Å². The van der Waals surface area contributed by atoms with Gasteiger partial charge in [-0.15, -0.1) is 0 Å². The first-order valence-corrected chi connectivity index (χ1v) is 6.95. The molecule has 4 heteroatoms. The molecule has 19 heavy (non-hydrogen) atoms. The first-order chi connectivity index (χ1) is 9.21. The number of carbonyl (C=O) groups excluding carboxylic acids is 1. The number of nitrogens with one attached hydrogen (secondary N) is 1. The second kappa shape index (κ2) is 8.53. The summed E-state index contributed by atoms with van der Waals surface area (Å²) in [6.45, 7) is 7.61. The third kappa shape index (κ3) is 5.30. The highest BCUT2D eigenvalue weighted by Gasteiger charge is 2.05. The number of phenolic OH excluding ortho intramolecular Hbond substituents is 1. The number of aromatic hydroxyl groups is 1. The van der Waals surface area contributed by atoms with Crippen LogP contribution in [0, 0.1) is 0 Å². The predicted octanol–water partition coefficient (Wildman–Crippen LogP) is 2.62. The number of hydrogen-bond donors (Lipinski definition) is 2. The Morgan fingerprint density at radius 1 is 1.21 bits per heavy atom. The van der Waals surface area contributed by atoms with E-state index in [0.717, 1.165) is 44.5 Å². The molecule has 0 bridgehead atoms. The van der Waals surface area contributed by atoms with Gasteiger partial charge < -0.3 is 15.3 Å². The van der Waals surface area contributed by atoms with E-state index in [0.29, 0.717) is 12.1 Å². The van der Waals surface area contributed by atoms with Crippen molar-refractivity contribution in [3.63, 3.8) is 0 Å². The van der Waals surface area contributed by atoms with Crippen LogP contribution in [-0.2, 0) is 11.2 Å². The lowest BCUT2D eigenvalue weighted by atomic mass is 10.1. The summed E-state index contributed by atoms with van der Waals surface area (Å²) in [4.78, 5) is 12.8. The maximum Gasteiger partial charge on any atom is 0.211 e. The van der Waals surface area contributed by atoms with Gasteiger partial charge in [0.1, 0.15) is 5.75 Å². The highest BCUT2D eigenvalue weighted by atomic mass is 16.3. The van der Waals surface area contributed by atoms with E-state index in [-0.39, 0.29) is 5.75 Å². The highest BCUT2D eigenvalue weighted by molar-refractivity contribution is 5.75. The minimum absolute atomic E-state index is 0.127. The molecule has 0 spiro atoms. The molecule has 0 atom stereocenters. The second-order valence-electron chi connectivity index (χ2n) is 4.71. The number of anilines is 1. The average molecular weight is 264 g/mol. The van der Waals surface area contributed by atoms with E-state index in [1.807, 2.05) is 6.07 Å². The Balaban J connectivity index is 2.56. The number of benzene rings is 1. The van der Waals surface area contributed by atoms with Crippen molar-refractivity contribution < 1.29 is 9.90 Å². The predicted molar refractivity (Wildman–Crippen MR) is 78.5 cm³/mol. The summed E-state index contributed by atoms with van der Waals surface area (Å²) in [6, 6.07) is 5.41. The van der Waals surface area contributed by atoms with Gasteiger partial charge in [0.2, 0.25) is 6.41 Å². The summed E-state index contributed by atoms with van der Waals surface area (Å²) in [6.07, 6.45) is 3.80. The van der Waals surface area contributed by atoms with Gasteiger partial charge in [0.05, 0.1) is 5.69 Å². The maximum atomic E-state index is 10.3. The lowest BCUT2D eigenvalue weighted by Gasteiger charge is -2.20. The summed E-state index contributed by atoms with van der Waals surface area (Å²) in [5, 5.41) is 12.2. The van der Waals surface area contributed by atoms with Gasteiger partial charge in [-0.25, -0.2) is 0 Å². The van der Waals surface area contributed by atoms with Gasteiger partial charge >= 0.3 is 0 Å². The van der Waals surface area contributed by atoms with Crippen molar-refractivity contribution in [2.45, 2.75) is 33.1 Å². The first kappa shape index (κ1) is 15.5. The van der Waals surface area contributed by atoms with E-state index in [4.69, 9.17) is 0 Å². The fourth-order valence-corrected chi connectivity index (χ4v) is 2.17. The molecule has 1 rings (SSSR count). The second-order valence-corrected chi connectivity index (χ2v) is 4.71. The van der Waals surface area contributed by atoms with Crippen LogP contribution in [0.5, 0.6) is 5.75 Å². The number of amides is 1. The lowest BCUT2D eigenvalue weighted by Crippen LogP contribution is -2.27. The molecule has 0 heterocycles. The number of carbonyl (C=O) groups is 1. The van der Waals surface area contributed by atoms with E-state index < -0.39 is 0 Å². The van der Waals surface area contributed by atoms with Crippen LogP contribution in [0.25, 0.3) is 0 Å². The normalized spacial score (nSPS) is 10.7. The molecule has 0 radical (unpaired) electrons. The molecule has 2 N–H and O–H groups in total. The molecule has 0 aliphatic heterocycles. The minimum atomic E-state index is 0.127. The fraction of sp³-hybridized carbons (Fsp3) is 0.533. The molecule has 106 valence electrons. The Bertz CT molecular complexity index is 388. The van der Waals surface area contributed by atoms with E-state index in [1.165, 1.54) is 0 Å². The van der Waals surface area contributed by atoms with Gasteiger partial charge in [-0.1, -0.05) is 19.9 Å². The zero-order valence-electron chi connectivity index (χ0n) is 11.9. The number of rotatable bonds is 9. The summed E-state index contributed by atoms with van der Waals surface area (Å²) >= 11 is 0. The molecule has 1 amide bonds. The SMILES string of the molecule is CCCN(CCC)CCc1ccc(NC=O)c(O)c1. The van der Waals surface area contributed by atoms with Gasteiger partial charge in [0, 0.05) is 6.54 Å². The Labute approximate surface area is 115 Å². The van der Waals surface area contributed by atoms with Crippen LogP contribution in [0.15, 0.2) is 18.2 Å². The first-order valence-electron chi connectivity index (χ1n) is 6.95. The van der Waals surface area contributed by atoms with Crippen LogP contribution in [-0.4, -0.2) is 36.1 Å². The van der Waals surface area contributed by atoms with Crippen LogP contribution < -0.4 is 5.32 Å². The molecule has 0 saturated heterocycles. The topological polar surface area (TPSA) is 52.6 Å². The van der Waals surface area contributed by atoms with Crippen molar-refractivity contribution >= 4 is 12.1 Å². The molecule has 4 nitrogen and oxygen atoms in total. The van der Waals surface area contributed by atoms with Crippen molar-refractivity contribution in [3.05, 3.63) is 23.8 Å². The largest absolute Gasteiger partial charge is 0.506 e. The molecule has 0 unspecified atom stereocenters. The quantitative estimate of drug-likeness (QED) is 0.532. The smallest absolute Gasteiger partial charge is 0.211 e. The van der Waals surface area contributed by atoms with Crippen LogP contribution >= 0.6 is 0 Å². The highest BCUT2D eigenvalue weighted by Crippen LogP contribution is 2.23. The van der Waals surface area contributed by atoms with Crippen molar-refractivity contribution in [1.29, 1.82) is 0 Å². The van der Waals surface area contributed by atoms with Gasteiger partial charge in [-0.2, -0.15) is 0 Å². The molecule has 0 aromatic heterocycles. The van der Waals surface area contributed by atoms with Crippen molar-refractivity contribution in [3.8, 4) is 5.75 Å². The summed E-state index contributed by atoms with van der Waals surface area (Å²) < 4.78 is 0. The third-order valence-corrected chi connectivity index (χ3v) is 3.07. The monoisotopic (exact) mass is 264 g/mol. The summed E-state index contributed by atoms with van der Waals surface area (Å²) in [7, 11) is 0. The Hall–Kier alpha value is -1.55. The van der Waals surface area contributed by atoms with Crippen LogP contribution in [0.4, 0.5) is 5.69 Å². The number of hydrogen-bond acceptors (Lipinski definition) is 3. The average Bonchev–Trinajstić information content (AvgIpc) is 2.39. The number of phenols is 1. The van der Waals surface area contributed by atoms with Gasteiger partial charge in [-0.05, 0) is 50.0 Å². The zero-order valence-corrected chi connectivity index (χ0v) is 11.9.